The van der Waals surface area contributed by atoms with Crippen LogP contribution in [0.1, 0.15) is 38.3 Å². The first kappa shape index (κ1) is 14.3. The second-order valence-electron chi connectivity index (χ2n) is 5.61. The molecule has 0 spiro atoms. The Balaban J connectivity index is 2.24. The lowest BCUT2D eigenvalue weighted by molar-refractivity contribution is 0.327. The number of nitrogens with two attached hydrogens (primary N) is 1. The number of hydrogen-bond acceptors (Lipinski definition) is 4. The number of pyridine rings is 1. The van der Waals surface area contributed by atoms with Gasteiger partial charge in [-0.25, -0.2) is 4.98 Å². The zero-order chi connectivity index (χ0) is 13.8. The van der Waals surface area contributed by atoms with Crippen LogP contribution < -0.4 is 10.6 Å². The minimum absolute atomic E-state index is 0.0662. The van der Waals surface area contributed by atoms with Gasteiger partial charge in [0.25, 0.3) is 0 Å². The van der Waals surface area contributed by atoms with Crippen LogP contribution in [-0.2, 0) is 0 Å². The first-order valence-corrected chi connectivity index (χ1v) is 7.28. The fraction of sp³-hybridized carbons (Fsp3) is 0.667. The van der Waals surface area contributed by atoms with Gasteiger partial charge < -0.3 is 15.5 Å². The Labute approximate surface area is 116 Å². The molecule has 0 radical (unpaired) electrons. The number of rotatable bonds is 3. The summed E-state index contributed by atoms with van der Waals surface area (Å²) in [5.74, 6) is 1.08. The molecule has 0 bridgehead atoms. The molecule has 19 heavy (non-hydrogen) atoms. The highest BCUT2D eigenvalue weighted by Crippen LogP contribution is 2.22. The molecule has 2 N–H and O–H groups in total. The Bertz CT molecular complexity index is 405. The molecule has 0 amide bonds. The van der Waals surface area contributed by atoms with Gasteiger partial charge in [0.1, 0.15) is 5.82 Å². The Morgan fingerprint density at radius 3 is 2.95 bits per heavy atom. The third kappa shape index (κ3) is 3.45. The summed E-state index contributed by atoms with van der Waals surface area (Å²) in [6.07, 6.45) is 4.22. The van der Waals surface area contributed by atoms with Gasteiger partial charge in [0, 0.05) is 31.4 Å². The molecule has 1 fully saturated rings. The Hall–Kier alpha value is -1.13. The Morgan fingerprint density at radius 2 is 2.26 bits per heavy atom. The van der Waals surface area contributed by atoms with E-state index in [4.69, 9.17) is 5.73 Å². The molecule has 1 aromatic rings. The van der Waals surface area contributed by atoms with Gasteiger partial charge >= 0.3 is 0 Å². The molecule has 1 aliphatic rings. The maximum atomic E-state index is 5.98. The second-order valence-corrected chi connectivity index (χ2v) is 5.61. The van der Waals surface area contributed by atoms with E-state index in [2.05, 4.69) is 34.8 Å². The average molecular weight is 262 g/mol. The first-order chi connectivity index (χ1) is 9.11. The van der Waals surface area contributed by atoms with Crippen LogP contribution in [0.3, 0.4) is 0 Å². The second kappa shape index (κ2) is 6.35. The van der Waals surface area contributed by atoms with Crippen molar-refractivity contribution in [3.63, 3.8) is 0 Å². The van der Waals surface area contributed by atoms with Crippen molar-refractivity contribution in [2.75, 3.05) is 31.6 Å². The quantitative estimate of drug-likeness (QED) is 0.905. The van der Waals surface area contributed by atoms with E-state index in [0.717, 1.165) is 30.9 Å². The lowest BCUT2D eigenvalue weighted by atomic mass is 10.1. The molecule has 0 saturated carbocycles. The number of hydrogen-bond donors (Lipinski definition) is 1. The fourth-order valence-corrected chi connectivity index (χ4v) is 2.77. The van der Waals surface area contributed by atoms with Crippen molar-refractivity contribution in [1.82, 2.24) is 9.88 Å². The van der Waals surface area contributed by atoms with Crippen LogP contribution in [0.5, 0.6) is 0 Å². The predicted molar refractivity (Wildman–Crippen MR) is 80.4 cm³/mol. The van der Waals surface area contributed by atoms with E-state index in [-0.39, 0.29) is 6.04 Å². The number of anilines is 1. The molecule has 1 aromatic heterocycles. The van der Waals surface area contributed by atoms with Gasteiger partial charge in [-0.1, -0.05) is 6.92 Å². The lowest BCUT2D eigenvalue weighted by Gasteiger charge is -2.31. The van der Waals surface area contributed by atoms with E-state index >= 15 is 0 Å². The predicted octanol–water partition coefficient (Wildman–Crippen LogP) is 2.02. The molecular weight excluding hydrogens is 236 g/mol. The number of aromatic nitrogens is 1. The zero-order valence-corrected chi connectivity index (χ0v) is 12.3. The lowest BCUT2D eigenvalue weighted by Crippen LogP contribution is -2.40. The Morgan fingerprint density at radius 1 is 1.47 bits per heavy atom. The minimum atomic E-state index is 0.0662. The summed E-state index contributed by atoms with van der Waals surface area (Å²) < 4.78 is 0. The Kier molecular flexibility index (Phi) is 4.77. The molecule has 0 aliphatic carbocycles. The number of nitrogens with zero attached hydrogens (tertiary/aromatic N) is 3. The summed E-state index contributed by atoms with van der Waals surface area (Å²) in [7, 11) is 2.21. The molecule has 106 valence electrons. The van der Waals surface area contributed by atoms with Crippen molar-refractivity contribution in [1.29, 1.82) is 0 Å². The SMILES string of the molecule is CCC1CN(C)CCCN1c1cc([C@@H](C)N)ccn1. The molecular formula is C15H26N4. The molecule has 2 heterocycles. The van der Waals surface area contributed by atoms with Gasteiger partial charge in [-0.3, -0.25) is 0 Å². The highest BCUT2D eigenvalue weighted by atomic mass is 15.3. The van der Waals surface area contributed by atoms with Gasteiger partial charge in [0.2, 0.25) is 0 Å². The highest BCUT2D eigenvalue weighted by molar-refractivity contribution is 5.43. The van der Waals surface area contributed by atoms with E-state index in [9.17, 15) is 0 Å². The molecule has 1 saturated heterocycles. The maximum absolute atomic E-state index is 5.98. The normalized spacial score (nSPS) is 23.2. The van der Waals surface area contributed by atoms with E-state index < -0.39 is 0 Å². The number of likely N-dealkylation sites (N-methyl/N-ethyl adjacent to an activating group) is 1. The van der Waals surface area contributed by atoms with E-state index in [1.165, 1.54) is 13.0 Å². The van der Waals surface area contributed by atoms with Crippen LogP contribution in [0.25, 0.3) is 0 Å². The third-order valence-corrected chi connectivity index (χ3v) is 3.96. The highest BCUT2D eigenvalue weighted by Gasteiger charge is 2.23. The van der Waals surface area contributed by atoms with Crippen molar-refractivity contribution in [2.45, 2.75) is 38.8 Å². The standard InChI is InChI=1S/C15H26N4/c1-4-14-11-18(3)8-5-9-19(14)15-10-13(12(2)16)6-7-17-15/h6-7,10,12,14H,4-5,8-9,11,16H2,1-3H3/t12-,14?/m1/s1. The van der Waals surface area contributed by atoms with Crippen molar-refractivity contribution in [2.24, 2.45) is 5.73 Å². The van der Waals surface area contributed by atoms with Gasteiger partial charge in [0.05, 0.1) is 0 Å². The first-order valence-electron chi connectivity index (χ1n) is 7.28. The maximum Gasteiger partial charge on any atom is 0.129 e. The largest absolute Gasteiger partial charge is 0.352 e. The van der Waals surface area contributed by atoms with E-state index in [1.54, 1.807) is 0 Å². The van der Waals surface area contributed by atoms with Gasteiger partial charge in [-0.2, -0.15) is 0 Å². The van der Waals surface area contributed by atoms with E-state index in [1.807, 2.05) is 19.2 Å². The minimum Gasteiger partial charge on any atom is -0.352 e. The van der Waals surface area contributed by atoms with Crippen molar-refractivity contribution in [3.8, 4) is 0 Å². The van der Waals surface area contributed by atoms with Crippen LogP contribution >= 0.6 is 0 Å². The van der Waals surface area contributed by atoms with Crippen LogP contribution in [0.4, 0.5) is 5.82 Å². The summed E-state index contributed by atoms with van der Waals surface area (Å²) >= 11 is 0. The molecule has 1 aliphatic heterocycles. The van der Waals surface area contributed by atoms with Crippen molar-refractivity contribution in [3.05, 3.63) is 23.9 Å². The summed E-state index contributed by atoms with van der Waals surface area (Å²) in [5, 5.41) is 0. The van der Waals surface area contributed by atoms with Crippen LogP contribution in [-0.4, -0.2) is 42.6 Å². The molecule has 0 aromatic carbocycles. The summed E-state index contributed by atoms with van der Waals surface area (Å²) in [6, 6.07) is 4.78. The summed E-state index contributed by atoms with van der Waals surface area (Å²) in [6.45, 7) is 7.64. The average Bonchev–Trinajstić information content (AvgIpc) is 2.60. The van der Waals surface area contributed by atoms with Gasteiger partial charge in [-0.15, -0.1) is 0 Å². The van der Waals surface area contributed by atoms with Crippen LogP contribution in [0.2, 0.25) is 0 Å². The van der Waals surface area contributed by atoms with E-state index in [0.29, 0.717) is 6.04 Å². The monoisotopic (exact) mass is 262 g/mol. The molecule has 4 nitrogen and oxygen atoms in total. The fourth-order valence-electron chi connectivity index (χ4n) is 2.77. The molecule has 4 heteroatoms. The van der Waals surface area contributed by atoms with Gasteiger partial charge in [-0.05, 0) is 51.1 Å². The van der Waals surface area contributed by atoms with Crippen LogP contribution in [0.15, 0.2) is 18.3 Å². The molecule has 2 atom stereocenters. The van der Waals surface area contributed by atoms with Crippen molar-refractivity contribution >= 4 is 5.82 Å². The summed E-state index contributed by atoms with van der Waals surface area (Å²) in [4.78, 5) is 9.44. The molecule has 1 unspecified atom stereocenters. The third-order valence-electron chi connectivity index (χ3n) is 3.96. The van der Waals surface area contributed by atoms with Crippen molar-refractivity contribution < 1.29 is 0 Å². The van der Waals surface area contributed by atoms with Crippen LogP contribution in [0, 0.1) is 0 Å². The summed E-state index contributed by atoms with van der Waals surface area (Å²) in [5.41, 5.74) is 7.14. The molecule has 2 rings (SSSR count). The topological polar surface area (TPSA) is 45.4 Å². The van der Waals surface area contributed by atoms with Gasteiger partial charge in [0.15, 0.2) is 0 Å². The smallest absolute Gasteiger partial charge is 0.129 e. The zero-order valence-electron chi connectivity index (χ0n) is 12.3.